The van der Waals surface area contributed by atoms with Gasteiger partial charge < -0.3 is 10.6 Å². The monoisotopic (exact) mass is 359 g/mol. The predicted octanol–water partition coefficient (Wildman–Crippen LogP) is 4.07. The van der Waals surface area contributed by atoms with Crippen molar-refractivity contribution in [3.63, 3.8) is 0 Å². The second kappa shape index (κ2) is 8.62. The highest BCUT2D eigenvalue weighted by Gasteiger charge is 2.13. The number of amides is 2. The molecule has 132 valence electrons. The van der Waals surface area contributed by atoms with Crippen molar-refractivity contribution < 1.29 is 9.59 Å². The number of pyridine rings is 1. The van der Waals surface area contributed by atoms with E-state index in [0.29, 0.717) is 28.7 Å². The molecule has 0 bridgehead atoms. The molecule has 2 amide bonds. The fraction of sp³-hybridized carbons (Fsp3) is 0.316. The van der Waals surface area contributed by atoms with Crippen LogP contribution in [-0.2, 0) is 0 Å². The van der Waals surface area contributed by atoms with Gasteiger partial charge in [0.1, 0.15) is 5.69 Å². The normalized spacial score (nSPS) is 10.6. The molecule has 0 saturated heterocycles. The number of nitrogens with zero attached hydrogens (tertiary/aromatic N) is 1. The number of hydrogen-bond acceptors (Lipinski definition) is 3. The summed E-state index contributed by atoms with van der Waals surface area (Å²) < 4.78 is 0. The third-order valence-corrected chi connectivity index (χ3v) is 3.94. The first kappa shape index (κ1) is 18.9. The Balaban J connectivity index is 2.08. The van der Waals surface area contributed by atoms with Crippen molar-refractivity contribution >= 4 is 29.1 Å². The number of hydrogen-bond donors (Lipinski definition) is 2. The highest BCUT2D eigenvalue weighted by atomic mass is 35.5. The lowest BCUT2D eigenvalue weighted by Gasteiger charge is -2.10. The average molecular weight is 360 g/mol. The largest absolute Gasteiger partial charge is 0.351 e. The molecule has 6 heteroatoms. The molecule has 1 aromatic heterocycles. The van der Waals surface area contributed by atoms with Gasteiger partial charge in [0.15, 0.2) is 0 Å². The first-order chi connectivity index (χ1) is 11.9. The van der Waals surface area contributed by atoms with E-state index in [2.05, 4.69) is 29.5 Å². The number of nitrogens with one attached hydrogen (secondary N) is 2. The molecule has 0 saturated carbocycles. The summed E-state index contributed by atoms with van der Waals surface area (Å²) in [6, 6.07) is 8.34. The quantitative estimate of drug-likeness (QED) is 0.816. The molecule has 0 aliphatic heterocycles. The predicted molar refractivity (Wildman–Crippen MR) is 100 cm³/mol. The molecule has 2 N–H and O–H groups in total. The Morgan fingerprint density at radius 3 is 2.64 bits per heavy atom. The Labute approximate surface area is 152 Å². The van der Waals surface area contributed by atoms with E-state index < -0.39 is 0 Å². The molecule has 0 fully saturated rings. The maximum atomic E-state index is 12.4. The first-order valence-corrected chi connectivity index (χ1v) is 8.56. The van der Waals surface area contributed by atoms with Gasteiger partial charge in [-0.2, -0.15) is 0 Å². The average Bonchev–Trinajstić information content (AvgIpc) is 2.57. The number of rotatable bonds is 6. The van der Waals surface area contributed by atoms with Gasteiger partial charge in [-0.3, -0.25) is 14.6 Å². The van der Waals surface area contributed by atoms with Gasteiger partial charge in [0.05, 0.1) is 0 Å². The topological polar surface area (TPSA) is 71.1 Å². The zero-order valence-corrected chi connectivity index (χ0v) is 15.4. The van der Waals surface area contributed by atoms with Crippen molar-refractivity contribution in [2.24, 2.45) is 5.92 Å². The van der Waals surface area contributed by atoms with Crippen molar-refractivity contribution in [3.05, 3.63) is 58.4 Å². The summed E-state index contributed by atoms with van der Waals surface area (Å²) >= 11 is 5.97. The summed E-state index contributed by atoms with van der Waals surface area (Å²) in [6.45, 7) is 6.64. The molecule has 0 spiro atoms. The number of benzene rings is 1. The molecule has 1 aromatic carbocycles. The summed E-state index contributed by atoms with van der Waals surface area (Å²) in [6.07, 6.45) is 2.34. The minimum absolute atomic E-state index is 0.222. The highest BCUT2D eigenvalue weighted by Crippen LogP contribution is 2.21. The van der Waals surface area contributed by atoms with Gasteiger partial charge >= 0.3 is 0 Å². The van der Waals surface area contributed by atoms with Crippen LogP contribution in [0.4, 0.5) is 5.69 Å². The lowest BCUT2D eigenvalue weighted by atomic mass is 10.1. The highest BCUT2D eigenvalue weighted by molar-refractivity contribution is 6.31. The Kier molecular flexibility index (Phi) is 6.53. The Morgan fingerprint density at radius 1 is 1.16 bits per heavy atom. The lowest BCUT2D eigenvalue weighted by Crippen LogP contribution is -2.26. The van der Waals surface area contributed by atoms with Crippen molar-refractivity contribution in [1.29, 1.82) is 0 Å². The Morgan fingerprint density at radius 2 is 1.92 bits per heavy atom. The Bertz CT molecular complexity index is 775. The summed E-state index contributed by atoms with van der Waals surface area (Å²) in [5.74, 6) is -0.0930. The van der Waals surface area contributed by atoms with E-state index in [9.17, 15) is 9.59 Å². The van der Waals surface area contributed by atoms with Crippen molar-refractivity contribution in [2.45, 2.75) is 27.2 Å². The molecule has 1 heterocycles. The van der Waals surface area contributed by atoms with Crippen LogP contribution >= 0.6 is 11.6 Å². The molecule has 25 heavy (non-hydrogen) atoms. The number of aryl methyl sites for hydroxylation is 1. The van der Waals surface area contributed by atoms with Gasteiger partial charge in [-0.05, 0) is 49.1 Å². The fourth-order valence-electron chi connectivity index (χ4n) is 2.18. The smallest absolute Gasteiger partial charge is 0.269 e. The fourth-order valence-corrected chi connectivity index (χ4v) is 2.36. The van der Waals surface area contributed by atoms with Crippen LogP contribution < -0.4 is 10.6 Å². The summed E-state index contributed by atoms with van der Waals surface area (Å²) in [7, 11) is 0. The maximum Gasteiger partial charge on any atom is 0.269 e. The third-order valence-electron chi connectivity index (χ3n) is 3.71. The van der Waals surface area contributed by atoms with Gasteiger partial charge in [0.25, 0.3) is 11.8 Å². The van der Waals surface area contributed by atoms with Crippen LogP contribution in [0.1, 0.15) is 46.7 Å². The SMILES string of the molecule is Cc1ccc(Cl)cc1NC(=O)c1ccnc(C(=O)NCCC(C)C)c1. The van der Waals surface area contributed by atoms with E-state index in [1.807, 2.05) is 13.0 Å². The van der Waals surface area contributed by atoms with E-state index >= 15 is 0 Å². The number of carbonyl (C=O) groups excluding carboxylic acids is 2. The van der Waals surface area contributed by atoms with Crippen LogP contribution in [0.3, 0.4) is 0 Å². The lowest BCUT2D eigenvalue weighted by molar-refractivity contribution is 0.0947. The number of carbonyl (C=O) groups is 2. The third kappa shape index (κ3) is 5.57. The molecular weight excluding hydrogens is 338 g/mol. The second-order valence-electron chi connectivity index (χ2n) is 6.28. The minimum atomic E-state index is -0.316. The van der Waals surface area contributed by atoms with E-state index in [-0.39, 0.29) is 17.5 Å². The molecular formula is C19H22ClN3O2. The maximum absolute atomic E-state index is 12.4. The van der Waals surface area contributed by atoms with E-state index in [4.69, 9.17) is 11.6 Å². The molecule has 2 aromatic rings. The molecule has 5 nitrogen and oxygen atoms in total. The summed E-state index contributed by atoms with van der Waals surface area (Å²) in [5.41, 5.74) is 2.12. The van der Waals surface area contributed by atoms with Crippen molar-refractivity contribution in [3.8, 4) is 0 Å². The Hall–Kier alpha value is -2.40. The zero-order chi connectivity index (χ0) is 18.4. The van der Waals surface area contributed by atoms with Crippen molar-refractivity contribution in [2.75, 3.05) is 11.9 Å². The molecule has 0 radical (unpaired) electrons. The minimum Gasteiger partial charge on any atom is -0.351 e. The molecule has 0 aliphatic rings. The van der Waals surface area contributed by atoms with Gasteiger partial charge in [0, 0.05) is 29.0 Å². The second-order valence-corrected chi connectivity index (χ2v) is 6.72. The summed E-state index contributed by atoms with van der Waals surface area (Å²) in [4.78, 5) is 28.6. The van der Waals surface area contributed by atoms with E-state index in [1.165, 1.54) is 12.3 Å². The van der Waals surface area contributed by atoms with Crippen LogP contribution in [0.15, 0.2) is 36.5 Å². The summed E-state index contributed by atoms with van der Waals surface area (Å²) in [5, 5.41) is 6.16. The molecule has 0 atom stereocenters. The van der Waals surface area contributed by atoms with Gasteiger partial charge in [-0.25, -0.2) is 0 Å². The van der Waals surface area contributed by atoms with E-state index in [1.54, 1.807) is 18.2 Å². The van der Waals surface area contributed by atoms with E-state index in [0.717, 1.165) is 12.0 Å². The van der Waals surface area contributed by atoms with Crippen molar-refractivity contribution in [1.82, 2.24) is 10.3 Å². The van der Waals surface area contributed by atoms with Crippen LogP contribution in [0.2, 0.25) is 5.02 Å². The molecule has 2 rings (SSSR count). The number of aromatic nitrogens is 1. The van der Waals surface area contributed by atoms with Crippen LogP contribution in [0.25, 0.3) is 0 Å². The van der Waals surface area contributed by atoms with Crippen LogP contribution in [0, 0.1) is 12.8 Å². The van der Waals surface area contributed by atoms with Gasteiger partial charge in [-0.1, -0.05) is 31.5 Å². The van der Waals surface area contributed by atoms with Gasteiger partial charge in [-0.15, -0.1) is 0 Å². The first-order valence-electron chi connectivity index (χ1n) is 8.18. The molecule has 0 unspecified atom stereocenters. The van der Waals surface area contributed by atoms with Crippen LogP contribution in [0.5, 0.6) is 0 Å². The number of halogens is 1. The van der Waals surface area contributed by atoms with Crippen LogP contribution in [-0.4, -0.2) is 23.3 Å². The zero-order valence-electron chi connectivity index (χ0n) is 14.6. The molecule has 0 aliphatic carbocycles. The van der Waals surface area contributed by atoms with Gasteiger partial charge in [0.2, 0.25) is 0 Å². The standard InChI is InChI=1S/C19H22ClN3O2/c1-12(2)6-8-22-19(25)17-10-14(7-9-21-17)18(24)23-16-11-15(20)5-4-13(16)3/h4-5,7,9-12H,6,8H2,1-3H3,(H,22,25)(H,23,24). The number of anilines is 1.